The first-order chi connectivity index (χ1) is 13.0. The molecular formula is C21H21ClFN3O. The molecule has 0 aliphatic heterocycles. The molecule has 0 saturated heterocycles. The van der Waals surface area contributed by atoms with Crippen molar-refractivity contribution in [3.63, 3.8) is 0 Å². The van der Waals surface area contributed by atoms with Crippen LogP contribution in [-0.4, -0.2) is 16.6 Å². The minimum absolute atomic E-state index is 0.247. The van der Waals surface area contributed by atoms with E-state index in [0.29, 0.717) is 29.1 Å². The topological polar surface area (TPSA) is 54.0 Å². The van der Waals surface area contributed by atoms with Crippen molar-refractivity contribution in [2.45, 2.75) is 32.4 Å². The number of rotatable bonds is 6. The van der Waals surface area contributed by atoms with Crippen LogP contribution in [0, 0.1) is 5.82 Å². The van der Waals surface area contributed by atoms with Crippen molar-refractivity contribution in [2.24, 2.45) is 0 Å². The molecule has 1 aromatic heterocycles. The number of hydrogen-bond donors (Lipinski definition) is 2. The van der Waals surface area contributed by atoms with Crippen LogP contribution in [0.1, 0.15) is 37.0 Å². The predicted octanol–water partition coefficient (Wildman–Crippen LogP) is 5.39. The highest BCUT2D eigenvalue weighted by molar-refractivity contribution is 6.33. The fourth-order valence-corrected chi connectivity index (χ4v) is 3.23. The van der Waals surface area contributed by atoms with Crippen LogP contribution in [-0.2, 0) is 0 Å². The summed E-state index contributed by atoms with van der Waals surface area (Å²) >= 11 is 6.20. The summed E-state index contributed by atoms with van der Waals surface area (Å²) in [5, 5.41) is 8.40. The number of benzene rings is 2. The lowest BCUT2D eigenvalue weighted by atomic mass is 10.0. The third-order valence-corrected chi connectivity index (χ3v) is 5.10. The molecule has 1 amide bonds. The second-order valence-corrected chi connectivity index (χ2v) is 6.81. The molecule has 0 atom stereocenters. The normalized spacial score (nSPS) is 11.4. The van der Waals surface area contributed by atoms with Gasteiger partial charge in [-0.15, -0.1) is 0 Å². The zero-order valence-corrected chi connectivity index (χ0v) is 16.0. The molecule has 0 bridgehead atoms. The van der Waals surface area contributed by atoms with Gasteiger partial charge in [0.05, 0.1) is 16.3 Å². The van der Waals surface area contributed by atoms with E-state index in [2.05, 4.69) is 15.6 Å². The van der Waals surface area contributed by atoms with Gasteiger partial charge in [0, 0.05) is 17.8 Å². The molecule has 1 heterocycles. The Morgan fingerprint density at radius 3 is 2.63 bits per heavy atom. The maximum Gasteiger partial charge on any atom is 0.255 e. The molecule has 3 rings (SSSR count). The highest BCUT2D eigenvalue weighted by Gasteiger charge is 2.29. The molecule has 0 aliphatic rings. The molecular weight excluding hydrogens is 365 g/mol. The van der Waals surface area contributed by atoms with E-state index in [1.54, 1.807) is 12.4 Å². The Morgan fingerprint density at radius 1 is 1.15 bits per heavy atom. The number of carbonyl (C=O) groups excluding carboxylic acids is 1. The summed E-state index contributed by atoms with van der Waals surface area (Å²) in [5.41, 5.74) is 0.161. The number of nitrogens with zero attached hydrogens (tertiary/aromatic N) is 1. The van der Waals surface area contributed by atoms with Crippen LogP contribution in [0.3, 0.4) is 0 Å². The third-order valence-electron chi connectivity index (χ3n) is 4.78. The molecule has 3 aromatic rings. The maximum absolute atomic E-state index is 13.6. The number of carbonyl (C=O) groups is 1. The average molecular weight is 386 g/mol. The van der Waals surface area contributed by atoms with E-state index in [4.69, 9.17) is 11.6 Å². The quantitative estimate of drug-likeness (QED) is 0.559. The number of aromatic nitrogens is 1. The predicted molar refractivity (Wildman–Crippen MR) is 108 cm³/mol. The highest BCUT2D eigenvalue weighted by Crippen LogP contribution is 2.28. The smallest absolute Gasteiger partial charge is 0.255 e. The largest absolute Gasteiger partial charge is 0.361 e. The molecule has 0 radical (unpaired) electrons. The van der Waals surface area contributed by atoms with Gasteiger partial charge in [-0.25, -0.2) is 4.39 Å². The molecule has 2 aromatic carbocycles. The van der Waals surface area contributed by atoms with Gasteiger partial charge in [-0.1, -0.05) is 49.7 Å². The van der Waals surface area contributed by atoms with Gasteiger partial charge in [0.15, 0.2) is 0 Å². The van der Waals surface area contributed by atoms with Crippen molar-refractivity contribution in [2.75, 3.05) is 5.32 Å². The van der Waals surface area contributed by atoms with Crippen LogP contribution in [0.2, 0.25) is 5.02 Å². The molecule has 2 N–H and O–H groups in total. The van der Waals surface area contributed by atoms with Crippen LogP contribution in [0.5, 0.6) is 0 Å². The number of nitrogens with one attached hydrogen (secondary N) is 2. The zero-order valence-electron chi connectivity index (χ0n) is 15.2. The second kappa shape index (κ2) is 7.92. The van der Waals surface area contributed by atoms with E-state index in [1.165, 1.54) is 18.2 Å². The van der Waals surface area contributed by atoms with E-state index < -0.39 is 11.5 Å². The Labute approximate surface area is 162 Å². The Morgan fingerprint density at radius 2 is 1.89 bits per heavy atom. The van der Waals surface area contributed by atoms with E-state index in [9.17, 15) is 9.18 Å². The first-order valence-electron chi connectivity index (χ1n) is 8.86. The van der Waals surface area contributed by atoms with Crippen LogP contribution in [0.4, 0.5) is 10.1 Å². The lowest BCUT2D eigenvalue weighted by Crippen LogP contribution is -2.53. The molecule has 0 spiro atoms. The summed E-state index contributed by atoms with van der Waals surface area (Å²) < 4.78 is 13.6. The van der Waals surface area contributed by atoms with E-state index in [0.717, 1.165) is 10.8 Å². The molecule has 0 fully saturated rings. The van der Waals surface area contributed by atoms with Gasteiger partial charge < -0.3 is 10.6 Å². The first kappa shape index (κ1) is 19.1. The van der Waals surface area contributed by atoms with Crippen LogP contribution in [0.15, 0.2) is 54.9 Å². The van der Waals surface area contributed by atoms with Crippen molar-refractivity contribution in [1.82, 2.24) is 10.3 Å². The summed E-state index contributed by atoms with van der Waals surface area (Å²) in [7, 11) is 0. The monoisotopic (exact) mass is 385 g/mol. The molecule has 140 valence electrons. The number of hydrogen-bond acceptors (Lipinski definition) is 3. The van der Waals surface area contributed by atoms with Crippen LogP contribution < -0.4 is 10.6 Å². The van der Waals surface area contributed by atoms with Gasteiger partial charge in [0.25, 0.3) is 5.91 Å². The number of anilines is 1. The summed E-state index contributed by atoms with van der Waals surface area (Å²) in [4.78, 5) is 17.2. The van der Waals surface area contributed by atoms with Crippen molar-refractivity contribution >= 4 is 34.0 Å². The molecule has 0 saturated carbocycles. The van der Waals surface area contributed by atoms with E-state index in [1.807, 2.05) is 38.1 Å². The second-order valence-electron chi connectivity index (χ2n) is 6.40. The highest BCUT2D eigenvalue weighted by atomic mass is 35.5. The van der Waals surface area contributed by atoms with Gasteiger partial charge in [0.1, 0.15) is 11.5 Å². The summed E-state index contributed by atoms with van der Waals surface area (Å²) in [5.74, 6) is -0.643. The van der Waals surface area contributed by atoms with Crippen molar-refractivity contribution in [1.29, 1.82) is 0 Å². The number of pyridine rings is 1. The SMILES string of the molecule is CCC(CC)(NC(=O)c1cncc2ccccc12)Nc1cc(F)ccc1Cl. The van der Waals surface area contributed by atoms with Crippen LogP contribution >= 0.6 is 11.6 Å². The Bertz CT molecular complexity index is 967. The van der Waals surface area contributed by atoms with Gasteiger partial charge in [0.2, 0.25) is 0 Å². The Hall–Kier alpha value is -2.66. The molecule has 0 aliphatic carbocycles. The molecule has 6 heteroatoms. The Balaban J connectivity index is 1.93. The lowest BCUT2D eigenvalue weighted by Gasteiger charge is -2.35. The first-order valence-corrected chi connectivity index (χ1v) is 9.24. The van der Waals surface area contributed by atoms with Gasteiger partial charge in [-0.3, -0.25) is 9.78 Å². The maximum atomic E-state index is 13.6. The van der Waals surface area contributed by atoms with Crippen molar-refractivity contribution in [3.8, 4) is 0 Å². The standard InChI is InChI=1S/C21H21ClFN3O/c1-3-21(4-2,25-19-11-15(23)9-10-18(19)22)26-20(27)17-13-24-12-14-7-5-6-8-16(14)17/h5-13,25H,3-4H2,1-2H3,(H,26,27). The van der Waals surface area contributed by atoms with Crippen molar-refractivity contribution in [3.05, 3.63) is 71.3 Å². The summed E-state index contributed by atoms with van der Waals surface area (Å²) in [6.45, 7) is 3.90. The lowest BCUT2D eigenvalue weighted by molar-refractivity contribution is 0.0906. The number of amides is 1. The number of halogens is 2. The van der Waals surface area contributed by atoms with Gasteiger partial charge in [-0.2, -0.15) is 0 Å². The van der Waals surface area contributed by atoms with Gasteiger partial charge >= 0.3 is 0 Å². The molecule has 0 unspecified atom stereocenters. The third kappa shape index (κ3) is 4.03. The minimum Gasteiger partial charge on any atom is -0.361 e. The summed E-state index contributed by atoms with van der Waals surface area (Å²) in [6, 6.07) is 11.7. The fourth-order valence-electron chi connectivity index (χ4n) is 3.07. The van der Waals surface area contributed by atoms with Crippen LogP contribution in [0.25, 0.3) is 10.8 Å². The Kier molecular flexibility index (Phi) is 5.61. The van der Waals surface area contributed by atoms with E-state index in [-0.39, 0.29) is 5.91 Å². The van der Waals surface area contributed by atoms with Gasteiger partial charge in [-0.05, 0) is 36.4 Å². The minimum atomic E-state index is -0.772. The number of fused-ring (bicyclic) bond motifs is 1. The van der Waals surface area contributed by atoms with Crippen molar-refractivity contribution < 1.29 is 9.18 Å². The fraction of sp³-hybridized carbons (Fsp3) is 0.238. The molecule has 27 heavy (non-hydrogen) atoms. The molecule has 4 nitrogen and oxygen atoms in total. The zero-order chi connectivity index (χ0) is 19.4. The average Bonchev–Trinajstić information content (AvgIpc) is 2.69. The van der Waals surface area contributed by atoms with E-state index >= 15 is 0 Å². The summed E-state index contributed by atoms with van der Waals surface area (Å²) in [6.07, 6.45) is 4.45.